The number of hydrogen-bond donors (Lipinski definition) is 2. The molecule has 3 aromatic rings. The number of H-pyrrole nitrogens is 1. The highest BCUT2D eigenvalue weighted by atomic mass is 32.1. The Hall–Kier alpha value is -2.94. The number of amides is 1. The van der Waals surface area contributed by atoms with E-state index in [9.17, 15) is 22.8 Å². The maximum absolute atomic E-state index is 12.9. The van der Waals surface area contributed by atoms with Gasteiger partial charge in [0, 0.05) is 35.2 Å². The Labute approximate surface area is 174 Å². The Morgan fingerprint density at radius 1 is 1.30 bits per heavy atom. The van der Waals surface area contributed by atoms with E-state index in [-0.39, 0.29) is 12.2 Å². The lowest BCUT2D eigenvalue weighted by molar-refractivity contribution is -0.137. The number of rotatable bonds is 4. The van der Waals surface area contributed by atoms with E-state index >= 15 is 0 Å². The molecule has 0 fully saturated rings. The van der Waals surface area contributed by atoms with Crippen LogP contribution in [-0.2, 0) is 19.0 Å². The van der Waals surface area contributed by atoms with E-state index in [1.165, 1.54) is 23.6 Å². The van der Waals surface area contributed by atoms with E-state index in [0.717, 1.165) is 35.5 Å². The van der Waals surface area contributed by atoms with Gasteiger partial charge >= 0.3 is 6.18 Å². The zero-order valence-electron chi connectivity index (χ0n) is 16.0. The number of fused-ring (bicyclic) bond motifs is 1. The van der Waals surface area contributed by atoms with Crippen LogP contribution >= 0.6 is 11.3 Å². The summed E-state index contributed by atoms with van der Waals surface area (Å²) >= 11 is 1.20. The fourth-order valence-electron chi connectivity index (χ4n) is 3.67. The van der Waals surface area contributed by atoms with E-state index in [0.29, 0.717) is 33.9 Å². The van der Waals surface area contributed by atoms with Crippen LogP contribution < -0.4 is 5.32 Å². The Kier molecular flexibility index (Phi) is 5.23. The lowest BCUT2D eigenvalue weighted by atomic mass is 9.94. The van der Waals surface area contributed by atoms with Crippen molar-refractivity contribution >= 4 is 28.2 Å². The van der Waals surface area contributed by atoms with Gasteiger partial charge in [-0.15, -0.1) is 11.3 Å². The number of aryl methyl sites for hydroxylation is 1. The van der Waals surface area contributed by atoms with Gasteiger partial charge in [0.1, 0.15) is 5.69 Å². The number of alkyl halides is 3. The Morgan fingerprint density at radius 2 is 2.10 bits per heavy atom. The third-order valence-electron chi connectivity index (χ3n) is 5.07. The molecule has 1 aromatic carbocycles. The van der Waals surface area contributed by atoms with Gasteiger partial charge in [0.15, 0.2) is 10.9 Å². The van der Waals surface area contributed by atoms with Gasteiger partial charge < -0.3 is 4.98 Å². The standard InChI is InChI=1S/C21H18F3N3O2S/c1-11-17-15(6-3-7-16(17)28)26-18(11)19(29)27-20-25-10-14(30-20)9-12-4-2-5-13(8-12)21(22,23)24/h2,4-5,8,10,26H,3,6-7,9H2,1H3,(H,25,27,29). The lowest BCUT2D eigenvalue weighted by Crippen LogP contribution is -2.13. The molecule has 2 heterocycles. The molecule has 0 saturated heterocycles. The molecule has 1 aliphatic carbocycles. The number of benzene rings is 1. The number of halogens is 3. The summed E-state index contributed by atoms with van der Waals surface area (Å²) < 4.78 is 38.6. The molecule has 0 saturated carbocycles. The van der Waals surface area contributed by atoms with Gasteiger partial charge in [-0.2, -0.15) is 13.2 Å². The zero-order chi connectivity index (χ0) is 21.5. The third-order valence-corrected chi connectivity index (χ3v) is 5.98. The molecule has 5 nitrogen and oxygen atoms in total. The largest absolute Gasteiger partial charge is 0.416 e. The minimum absolute atomic E-state index is 0.0432. The molecule has 4 rings (SSSR count). The van der Waals surface area contributed by atoms with E-state index in [2.05, 4.69) is 15.3 Å². The quantitative estimate of drug-likeness (QED) is 0.597. The first-order valence-electron chi connectivity index (χ1n) is 9.39. The highest BCUT2D eigenvalue weighted by Crippen LogP contribution is 2.31. The molecular weight excluding hydrogens is 415 g/mol. The summed E-state index contributed by atoms with van der Waals surface area (Å²) in [6, 6.07) is 5.14. The summed E-state index contributed by atoms with van der Waals surface area (Å²) in [5.41, 5.74) is 2.18. The number of aromatic nitrogens is 2. The first kappa shape index (κ1) is 20.3. The number of hydrogen-bond acceptors (Lipinski definition) is 4. The molecule has 1 amide bonds. The van der Waals surface area contributed by atoms with Gasteiger partial charge in [-0.05, 0) is 37.0 Å². The number of nitrogens with zero attached hydrogens (tertiary/aromatic N) is 1. The SMILES string of the molecule is Cc1c(C(=O)Nc2ncc(Cc3cccc(C(F)(F)F)c3)s2)[nH]c2c1C(=O)CCC2. The van der Waals surface area contributed by atoms with Gasteiger partial charge in [0.25, 0.3) is 5.91 Å². The summed E-state index contributed by atoms with van der Waals surface area (Å²) in [5.74, 6) is -0.351. The van der Waals surface area contributed by atoms with E-state index in [1.807, 2.05) is 0 Å². The number of carbonyl (C=O) groups excluding carboxylic acids is 2. The summed E-state index contributed by atoms with van der Waals surface area (Å²) in [5, 5.41) is 3.06. The summed E-state index contributed by atoms with van der Waals surface area (Å²) in [6.45, 7) is 1.74. The van der Waals surface area contributed by atoms with Crippen LogP contribution in [-0.4, -0.2) is 21.7 Å². The maximum Gasteiger partial charge on any atom is 0.416 e. The van der Waals surface area contributed by atoms with Crippen molar-refractivity contribution in [3.8, 4) is 0 Å². The minimum Gasteiger partial charge on any atom is -0.354 e. The number of anilines is 1. The number of carbonyl (C=O) groups is 2. The second kappa shape index (κ2) is 7.71. The fourth-order valence-corrected chi connectivity index (χ4v) is 4.51. The Morgan fingerprint density at radius 3 is 2.83 bits per heavy atom. The highest BCUT2D eigenvalue weighted by molar-refractivity contribution is 7.15. The predicted octanol–water partition coefficient (Wildman–Crippen LogP) is 5.16. The normalized spacial score (nSPS) is 13.9. The number of ketones is 1. The number of nitrogens with one attached hydrogen (secondary N) is 2. The molecule has 0 unspecified atom stereocenters. The second-order valence-electron chi connectivity index (χ2n) is 7.22. The molecule has 2 aromatic heterocycles. The average Bonchev–Trinajstić information content (AvgIpc) is 3.26. The lowest BCUT2D eigenvalue weighted by Gasteiger charge is -2.09. The van der Waals surface area contributed by atoms with Gasteiger partial charge in [-0.25, -0.2) is 4.98 Å². The topological polar surface area (TPSA) is 74.8 Å². The van der Waals surface area contributed by atoms with Crippen LogP contribution in [0.4, 0.5) is 18.3 Å². The van der Waals surface area contributed by atoms with Gasteiger partial charge in [-0.3, -0.25) is 14.9 Å². The van der Waals surface area contributed by atoms with Crippen molar-refractivity contribution in [3.05, 3.63) is 69.0 Å². The van der Waals surface area contributed by atoms with Crippen molar-refractivity contribution in [1.29, 1.82) is 0 Å². The minimum atomic E-state index is -4.39. The van der Waals surface area contributed by atoms with Gasteiger partial charge in [0.2, 0.25) is 0 Å². The molecular formula is C21H18F3N3O2S. The van der Waals surface area contributed by atoms with Crippen LogP contribution in [0, 0.1) is 6.92 Å². The molecule has 0 aliphatic heterocycles. The monoisotopic (exact) mass is 433 g/mol. The van der Waals surface area contributed by atoms with Gasteiger partial charge in [-0.1, -0.05) is 18.2 Å². The molecule has 0 spiro atoms. The molecule has 30 heavy (non-hydrogen) atoms. The van der Waals surface area contributed by atoms with Crippen LogP contribution in [0.3, 0.4) is 0 Å². The molecule has 2 N–H and O–H groups in total. The van der Waals surface area contributed by atoms with Gasteiger partial charge in [0.05, 0.1) is 5.56 Å². The second-order valence-corrected chi connectivity index (χ2v) is 8.33. The van der Waals surface area contributed by atoms with Crippen LogP contribution in [0.2, 0.25) is 0 Å². The van der Waals surface area contributed by atoms with Crippen LogP contribution in [0.25, 0.3) is 0 Å². The predicted molar refractivity (Wildman–Crippen MR) is 107 cm³/mol. The maximum atomic E-state index is 12.9. The molecule has 156 valence electrons. The molecule has 1 aliphatic rings. The van der Waals surface area contributed by atoms with E-state index in [4.69, 9.17) is 0 Å². The first-order valence-corrected chi connectivity index (χ1v) is 10.2. The molecule has 0 bridgehead atoms. The first-order chi connectivity index (χ1) is 14.2. The summed E-state index contributed by atoms with van der Waals surface area (Å²) in [4.78, 5) is 32.7. The highest BCUT2D eigenvalue weighted by Gasteiger charge is 2.30. The van der Waals surface area contributed by atoms with Crippen molar-refractivity contribution in [2.24, 2.45) is 0 Å². The van der Waals surface area contributed by atoms with E-state index in [1.54, 1.807) is 13.0 Å². The average molecular weight is 433 g/mol. The van der Waals surface area contributed by atoms with Crippen LogP contribution in [0.5, 0.6) is 0 Å². The van der Waals surface area contributed by atoms with Crippen LogP contribution in [0.15, 0.2) is 30.5 Å². The van der Waals surface area contributed by atoms with Crippen molar-refractivity contribution in [3.63, 3.8) is 0 Å². The molecule has 9 heteroatoms. The van der Waals surface area contributed by atoms with Crippen molar-refractivity contribution in [2.75, 3.05) is 5.32 Å². The fraction of sp³-hybridized carbons (Fsp3) is 0.286. The van der Waals surface area contributed by atoms with Crippen LogP contribution in [0.1, 0.15) is 60.9 Å². The zero-order valence-corrected chi connectivity index (χ0v) is 16.8. The third kappa shape index (κ3) is 4.02. The Bertz CT molecular complexity index is 1130. The summed E-state index contributed by atoms with van der Waals surface area (Å²) in [6.07, 6.45) is -0.598. The summed E-state index contributed by atoms with van der Waals surface area (Å²) in [7, 11) is 0. The number of thiazole rings is 1. The van der Waals surface area contributed by atoms with Crippen molar-refractivity contribution in [1.82, 2.24) is 9.97 Å². The molecule has 0 atom stereocenters. The smallest absolute Gasteiger partial charge is 0.354 e. The molecule has 0 radical (unpaired) electrons. The Balaban J connectivity index is 1.48. The van der Waals surface area contributed by atoms with Crippen molar-refractivity contribution < 1.29 is 22.8 Å². The number of Topliss-reactive ketones (excluding diaryl/α,β-unsaturated/α-hetero) is 1. The number of aromatic amines is 1. The van der Waals surface area contributed by atoms with E-state index < -0.39 is 17.6 Å². The van der Waals surface area contributed by atoms with Crippen molar-refractivity contribution in [2.45, 2.75) is 38.8 Å².